The highest BCUT2D eigenvalue weighted by atomic mass is 15.4. The summed E-state index contributed by atoms with van der Waals surface area (Å²) in [5.74, 6) is 5.46. The Labute approximate surface area is 98.7 Å². The van der Waals surface area contributed by atoms with Crippen molar-refractivity contribution in [1.29, 1.82) is 0 Å². The first-order chi connectivity index (χ1) is 7.63. The third-order valence-corrected chi connectivity index (χ3v) is 2.04. The summed E-state index contributed by atoms with van der Waals surface area (Å²) in [5.41, 5.74) is 8.81. The number of hydrogen-bond donors (Lipinski definition) is 2. The maximum Gasteiger partial charge on any atom is 0.0564 e. The van der Waals surface area contributed by atoms with Crippen molar-refractivity contribution in [3.05, 3.63) is 41.6 Å². The van der Waals surface area contributed by atoms with E-state index in [9.17, 15) is 0 Å². The Bertz CT molecular complexity index is 312. The molecule has 0 saturated heterocycles. The molecule has 0 spiro atoms. The first-order valence-electron chi connectivity index (χ1n) is 5.67. The summed E-state index contributed by atoms with van der Waals surface area (Å²) in [7, 11) is 1.74. The van der Waals surface area contributed by atoms with Crippen LogP contribution in [-0.4, -0.2) is 12.1 Å². The van der Waals surface area contributed by atoms with Crippen LogP contribution < -0.4 is 11.6 Å². The van der Waals surface area contributed by atoms with Crippen molar-refractivity contribution in [2.24, 2.45) is 11.6 Å². The average Bonchev–Trinajstić information content (AvgIpc) is 2.31. The van der Waals surface area contributed by atoms with E-state index in [0.717, 1.165) is 12.0 Å². The Kier molecular flexibility index (Phi) is 7.05. The van der Waals surface area contributed by atoms with Gasteiger partial charge in [-0.15, -0.1) is 0 Å². The predicted molar refractivity (Wildman–Crippen MR) is 71.3 cm³/mol. The van der Waals surface area contributed by atoms with E-state index in [2.05, 4.69) is 19.1 Å². The van der Waals surface area contributed by atoms with Gasteiger partial charge in [0.2, 0.25) is 0 Å². The third kappa shape index (κ3) is 4.84. The monoisotopic (exact) mass is 221 g/mol. The van der Waals surface area contributed by atoms with Gasteiger partial charge in [-0.1, -0.05) is 45.0 Å². The molecule has 0 aliphatic heterocycles. The highest BCUT2D eigenvalue weighted by Gasteiger charge is 1.96. The van der Waals surface area contributed by atoms with E-state index in [-0.39, 0.29) is 0 Å². The van der Waals surface area contributed by atoms with Gasteiger partial charge in [-0.25, -0.2) is 5.84 Å². The molecule has 1 aromatic rings. The van der Waals surface area contributed by atoms with Gasteiger partial charge in [0.1, 0.15) is 0 Å². The fraction of sp³-hybridized carbons (Fsp3) is 0.385. The van der Waals surface area contributed by atoms with Gasteiger partial charge in [0.15, 0.2) is 0 Å². The molecule has 3 nitrogen and oxygen atoms in total. The van der Waals surface area contributed by atoms with Crippen LogP contribution in [0.15, 0.2) is 30.5 Å². The molecule has 0 saturated carbocycles. The molecular weight excluding hydrogens is 198 g/mol. The number of hydrazine groups is 1. The summed E-state index contributed by atoms with van der Waals surface area (Å²) in [6.07, 6.45) is 2.74. The van der Waals surface area contributed by atoms with E-state index in [1.807, 2.05) is 26.0 Å². The topological polar surface area (TPSA) is 55.3 Å². The Hall–Kier alpha value is -1.48. The van der Waals surface area contributed by atoms with Gasteiger partial charge in [0, 0.05) is 13.2 Å². The Morgan fingerprint density at radius 3 is 2.12 bits per heavy atom. The molecule has 0 amide bonds. The van der Waals surface area contributed by atoms with Gasteiger partial charge in [0.25, 0.3) is 0 Å². The molecule has 0 aromatic heterocycles. The lowest BCUT2D eigenvalue weighted by Crippen LogP contribution is -2.20. The number of rotatable bonds is 3. The van der Waals surface area contributed by atoms with Gasteiger partial charge in [-0.2, -0.15) is 0 Å². The lowest BCUT2D eigenvalue weighted by molar-refractivity contribution is 0.486. The first kappa shape index (κ1) is 14.5. The zero-order chi connectivity index (χ0) is 12.6. The summed E-state index contributed by atoms with van der Waals surface area (Å²) in [6.45, 7) is 6.13. The summed E-state index contributed by atoms with van der Waals surface area (Å²) >= 11 is 0. The first-order valence-corrected chi connectivity index (χ1v) is 5.67. The van der Waals surface area contributed by atoms with Crippen LogP contribution in [0.25, 0.3) is 5.70 Å². The van der Waals surface area contributed by atoms with Crippen molar-refractivity contribution in [2.75, 3.05) is 7.05 Å². The number of hydrogen-bond acceptors (Lipinski definition) is 3. The lowest BCUT2D eigenvalue weighted by Gasteiger charge is -2.08. The molecule has 1 rings (SSSR count). The third-order valence-electron chi connectivity index (χ3n) is 2.04. The average molecular weight is 221 g/mol. The lowest BCUT2D eigenvalue weighted by atomic mass is 10.1. The second-order valence-electron chi connectivity index (χ2n) is 3.30. The van der Waals surface area contributed by atoms with Crippen molar-refractivity contribution in [1.82, 2.24) is 5.01 Å². The smallest absolute Gasteiger partial charge is 0.0564 e. The largest absolute Gasteiger partial charge is 0.397 e. The molecule has 0 radical (unpaired) electrons. The SMILES string of the molecule is CC.CCc1ccc(/C(N)=C/N(C)N)cc1. The fourth-order valence-electron chi connectivity index (χ4n) is 1.23. The van der Waals surface area contributed by atoms with E-state index in [1.165, 1.54) is 10.6 Å². The van der Waals surface area contributed by atoms with Gasteiger partial charge < -0.3 is 10.7 Å². The van der Waals surface area contributed by atoms with Crippen LogP contribution in [0.5, 0.6) is 0 Å². The molecule has 0 bridgehead atoms. The van der Waals surface area contributed by atoms with Crippen molar-refractivity contribution in [3.8, 4) is 0 Å². The standard InChI is InChI=1S/C11H17N3.C2H6/c1-3-9-4-6-10(7-5-9)11(12)8-14(2)13;1-2/h4-8H,3,12-13H2,1-2H3;1-2H3/b11-8-;. The van der Waals surface area contributed by atoms with Crippen molar-refractivity contribution < 1.29 is 0 Å². The van der Waals surface area contributed by atoms with Crippen LogP contribution in [0.3, 0.4) is 0 Å². The second-order valence-corrected chi connectivity index (χ2v) is 3.30. The van der Waals surface area contributed by atoms with Crippen molar-refractivity contribution in [2.45, 2.75) is 27.2 Å². The van der Waals surface area contributed by atoms with Crippen molar-refractivity contribution in [3.63, 3.8) is 0 Å². The normalized spacial score (nSPS) is 10.4. The van der Waals surface area contributed by atoms with Gasteiger partial charge in [-0.05, 0) is 17.5 Å². The molecule has 0 atom stereocenters. The van der Waals surface area contributed by atoms with Crippen LogP contribution in [0.2, 0.25) is 0 Å². The number of aryl methyl sites for hydroxylation is 1. The Morgan fingerprint density at radius 2 is 1.75 bits per heavy atom. The van der Waals surface area contributed by atoms with E-state index >= 15 is 0 Å². The molecule has 0 aliphatic rings. The second kappa shape index (κ2) is 7.77. The highest BCUT2D eigenvalue weighted by Crippen LogP contribution is 2.10. The summed E-state index contributed by atoms with van der Waals surface area (Å²) < 4.78 is 0. The van der Waals surface area contributed by atoms with Crippen molar-refractivity contribution >= 4 is 5.70 Å². The van der Waals surface area contributed by atoms with Crippen LogP contribution in [0.1, 0.15) is 31.9 Å². The van der Waals surface area contributed by atoms with Gasteiger partial charge in [0.05, 0.1) is 5.70 Å². The van der Waals surface area contributed by atoms with Crippen LogP contribution in [-0.2, 0) is 6.42 Å². The summed E-state index contributed by atoms with van der Waals surface area (Å²) in [5, 5.41) is 1.45. The molecule has 0 fully saturated rings. The molecule has 4 N–H and O–H groups in total. The zero-order valence-electron chi connectivity index (χ0n) is 10.7. The van der Waals surface area contributed by atoms with E-state index in [0.29, 0.717) is 5.70 Å². The van der Waals surface area contributed by atoms with Crippen LogP contribution in [0, 0.1) is 0 Å². The molecule has 0 unspecified atom stereocenters. The summed E-state index contributed by atoms with van der Waals surface area (Å²) in [4.78, 5) is 0. The number of nitrogens with zero attached hydrogens (tertiary/aromatic N) is 1. The van der Waals surface area contributed by atoms with E-state index in [1.54, 1.807) is 13.2 Å². The number of nitrogens with two attached hydrogens (primary N) is 2. The minimum Gasteiger partial charge on any atom is -0.397 e. The zero-order valence-corrected chi connectivity index (χ0v) is 10.7. The minimum absolute atomic E-state index is 0.678. The molecule has 90 valence electrons. The van der Waals surface area contributed by atoms with Crippen LogP contribution >= 0.6 is 0 Å². The van der Waals surface area contributed by atoms with E-state index in [4.69, 9.17) is 11.6 Å². The predicted octanol–water partition coefficient (Wildman–Crippen LogP) is 2.34. The van der Waals surface area contributed by atoms with Crippen LogP contribution in [0.4, 0.5) is 0 Å². The quantitative estimate of drug-likeness (QED) is 0.608. The summed E-state index contributed by atoms with van der Waals surface area (Å²) in [6, 6.07) is 8.17. The maximum absolute atomic E-state index is 5.83. The molecule has 0 heterocycles. The molecule has 0 aliphatic carbocycles. The van der Waals surface area contributed by atoms with Gasteiger partial charge in [-0.3, -0.25) is 0 Å². The fourth-order valence-corrected chi connectivity index (χ4v) is 1.23. The molecule has 1 aromatic carbocycles. The Morgan fingerprint density at radius 1 is 1.25 bits per heavy atom. The van der Waals surface area contributed by atoms with Gasteiger partial charge >= 0.3 is 0 Å². The highest BCUT2D eigenvalue weighted by molar-refractivity contribution is 5.62. The number of benzene rings is 1. The molecule has 16 heavy (non-hydrogen) atoms. The molecular formula is C13H23N3. The minimum atomic E-state index is 0.678. The Balaban J connectivity index is 0.00000106. The maximum atomic E-state index is 5.83. The van der Waals surface area contributed by atoms with E-state index < -0.39 is 0 Å². The molecule has 3 heteroatoms.